The molecule has 2 aliphatic rings. The third-order valence-electron chi connectivity index (χ3n) is 3.76. The number of ether oxygens (including phenoxy) is 1. The summed E-state index contributed by atoms with van der Waals surface area (Å²) in [5, 5.41) is 3.37. The van der Waals surface area contributed by atoms with Crippen molar-refractivity contribution in [1.29, 1.82) is 0 Å². The molecule has 98 valence electrons. The highest BCUT2D eigenvalue weighted by Gasteiger charge is 2.26. The quantitative estimate of drug-likeness (QED) is 0.884. The molecule has 1 saturated carbocycles. The first-order valence-electron chi connectivity index (χ1n) is 7.00. The molecular formula is C14H21N3O. The Kier molecular flexibility index (Phi) is 3.46. The molecule has 4 heteroatoms. The van der Waals surface area contributed by atoms with Gasteiger partial charge in [0.25, 0.3) is 0 Å². The molecule has 0 aromatic carbocycles. The van der Waals surface area contributed by atoms with E-state index in [1.54, 1.807) is 0 Å². The van der Waals surface area contributed by atoms with Crippen molar-refractivity contribution in [1.82, 2.24) is 15.3 Å². The van der Waals surface area contributed by atoms with Crippen LogP contribution in [-0.4, -0.2) is 29.7 Å². The van der Waals surface area contributed by atoms with Crippen molar-refractivity contribution in [2.45, 2.75) is 38.5 Å². The number of piperidine rings is 1. The van der Waals surface area contributed by atoms with Crippen molar-refractivity contribution in [2.75, 3.05) is 19.7 Å². The number of aryl methyl sites for hydroxylation is 1. The van der Waals surface area contributed by atoms with E-state index in [-0.39, 0.29) is 0 Å². The van der Waals surface area contributed by atoms with E-state index >= 15 is 0 Å². The first-order chi connectivity index (χ1) is 8.81. The lowest BCUT2D eigenvalue weighted by molar-refractivity contribution is 0.208. The van der Waals surface area contributed by atoms with Crippen LogP contribution in [0.1, 0.15) is 43.1 Å². The van der Waals surface area contributed by atoms with E-state index in [0.717, 1.165) is 31.4 Å². The topological polar surface area (TPSA) is 47.0 Å². The maximum Gasteiger partial charge on any atom is 0.216 e. The van der Waals surface area contributed by atoms with Crippen LogP contribution in [0.3, 0.4) is 0 Å². The fourth-order valence-corrected chi connectivity index (χ4v) is 2.48. The molecule has 0 bridgehead atoms. The highest BCUT2D eigenvalue weighted by Crippen LogP contribution is 2.39. The van der Waals surface area contributed by atoms with Gasteiger partial charge in [0.1, 0.15) is 5.82 Å². The third-order valence-corrected chi connectivity index (χ3v) is 3.76. The Morgan fingerprint density at radius 1 is 1.22 bits per heavy atom. The Hall–Kier alpha value is -1.16. The van der Waals surface area contributed by atoms with E-state index in [9.17, 15) is 0 Å². The Morgan fingerprint density at radius 2 is 2.00 bits per heavy atom. The fraction of sp³-hybridized carbons (Fsp3) is 0.714. The molecule has 2 heterocycles. The number of nitrogens with zero attached hydrogens (tertiary/aromatic N) is 2. The molecule has 0 unspecified atom stereocenters. The molecule has 1 aliphatic carbocycles. The van der Waals surface area contributed by atoms with Crippen molar-refractivity contribution in [3.05, 3.63) is 17.6 Å². The summed E-state index contributed by atoms with van der Waals surface area (Å²) in [6.45, 7) is 4.97. The minimum Gasteiger partial charge on any atom is -0.477 e. The van der Waals surface area contributed by atoms with Gasteiger partial charge in [-0.15, -0.1) is 0 Å². The van der Waals surface area contributed by atoms with Gasteiger partial charge < -0.3 is 10.1 Å². The number of nitrogens with one attached hydrogen (secondary N) is 1. The second kappa shape index (κ2) is 5.22. The lowest BCUT2D eigenvalue weighted by atomic mass is 9.99. The van der Waals surface area contributed by atoms with Crippen LogP contribution in [0, 0.1) is 12.8 Å². The SMILES string of the molecule is Cc1nc(OCC2CCNCC2)cc(C2CC2)n1. The van der Waals surface area contributed by atoms with Gasteiger partial charge in [-0.1, -0.05) is 0 Å². The summed E-state index contributed by atoms with van der Waals surface area (Å²) in [6.07, 6.45) is 4.95. The second-order valence-electron chi connectivity index (χ2n) is 5.46. The normalized spacial score (nSPS) is 20.9. The van der Waals surface area contributed by atoms with E-state index in [2.05, 4.69) is 15.3 Å². The van der Waals surface area contributed by atoms with Crippen LogP contribution in [0.5, 0.6) is 5.88 Å². The van der Waals surface area contributed by atoms with Crippen LogP contribution >= 0.6 is 0 Å². The molecule has 1 aromatic rings. The summed E-state index contributed by atoms with van der Waals surface area (Å²) in [4.78, 5) is 8.87. The minimum absolute atomic E-state index is 0.660. The molecule has 0 amide bonds. The summed E-state index contributed by atoms with van der Waals surface area (Å²) in [5.74, 6) is 2.93. The van der Waals surface area contributed by atoms with E-state index in [0.29, 0.717) is 11.8 Å². The van der Waals surface area contributed by atoms with E-state index in [1.807, 2.05) is 13.0 Å². The first-order valence-corrected chi connectivity index (χ1v) is 7.00. The van der Waals surface area contributed by atoms with Gasteiger partial charge in [-0.05, 0) is 51.6 Å². The average Bonchev–Trinajstić information content (AvgIpc) is 3.21. The molecule has 1 aromatic heterocycles. The molecule has 3 rings (SSSR count). The Balaban J connectivity index is 1.60. The second-order valence-corrected chi connectivity index (χ2v) is 5.46. The fourth-order valence-electron chi connectivity index (χ4n) is 2.48. The molecule has 18 heavy (non-hydrogen) atoms. The van der Waals surface area contributed by atoms with Crippen LogP contribution in [-0.2, 0) is 0 Å². The molecule has 0 radical (unpaired) electrons. The van der Waals surface area contributed by atoms with Gasteiger partial charge in [0, 0.05) is 12.0 Å². The maximum atomic E-state index is 5.87. The number of hydrogen-bond acceptors (Lipinski definition) is 4. The van der Waals surface area contributed by atoms with Gasteiger partial charge in [-0.2, -0.15) is 4.98 Å². The summed E-state index contributed by atoms with van der Waals surface area (Å²) in [6, 6.07) is 2.03. The van der Waals surface area contributed by atoms with E-state index < -0.39 is 0 Å². The third kappa shape index (κ3) is 2.99. The van der Waals surface area contributed by atoms with Crippen LogP contribution < -0.4 is 10.1 Å². The lowest BCUT2D eigenvalue weighted by Crippen LogP contribution is -2.30. The zero-order valence-electron chi connectivity index (χ0n) is 11.0. The van der Waals surface area contributed by atoms with Crippen molar-refractivity contribution in [3.63, 3.8) is 0 Å². The summed E-state index contributed by atoms with van der Waals surface area (Å²) >= 11 is 0. The van der Waals surface area contributed by atoms with Gasteiger partial charge in [-0.3, -0.25) is 0 Å². The van der Waals surface area contributed by atoms with Crippen molar-refractivity contribution >= 4 is 0 Å². The average molecular weight is 247 g/mol. The van der Waals surface area contributed by atoms with Gasteiger partial charge >= 0.3 is 0 Å². The van der Waals surface area contributed by atoms with Crippen molar-refractivity contribution in [2.24, 2.45) is 5.92 Å². The van der Waals surface area contributed by atoms with Gasteiger partial charge in [0.15, 0.2) is 0 Å². The van der Waals surface area contributed by atoms with Crippen molar-refractivity contribution < 1.29 is 4.74 Å². The lowest BCUT2D eigenvalue weighted by Gasteiger charge is -2.22. The number of hydrogen-bond donors (Lipinski definition) is 1. The molecule has 1 N–H and O–H groups in total. The molecule has 2 fully saturated rings. The molecule has 0 atom stereocenters. The number of aromatic nitrogens is 2. The Morgan fingerprint density at radius 3 is 2.72 bits per heavy atom. The molecule has 1 saturated heterocycles. The van der Waals surface area contributed by atoms with Crippen LogP contribution in [0.4, 0.5) is 0 Å². The summed E-state index contributed by atoms with van der Waals surface area (Å²) in [5.41, 5.74) is 1.17. The Bertz CT molecular complexity index is 412. The Labute approximate surface area is 108 Å². The molecular weight excluding hydrogens is 226 g/mol. The predicted octanol–water partition coefficient (Wildman–Crippen LogP) is 2.04. The summed E-state index contributed by atoms with van der Waals surface area (Å²) < 4.78 is 5.87. The van der Waals surface area contributed by atoms with Crippen LogP contribution in [0.2, 0.25) is 0 Å². The van der Waals surface area contributed by atoms with Gasteiger partial charge in [0.05, 0.1) is 12.3 Å². The molecule has 0 spiro atoms. The molecule has 4 nitrogen and oxygen atoms in total. The van der Waals surface area contributed by atoms with Crippen LogP contribution in [0.25, 0.3) is 0 Å². The van der Waals surface area contributed by atoms with Gasteiger partial charge in [-0.25, -0.2) is 4.98 Å². The monoisotopic (exact) mass is 247 g/mol. The molecule has 1 aliphatic heterocycles. The van der Waals surface area contributed by atoms with Gasteiger partial charge in [0.2, 0.25) is 5.88 Å². The highest BCUT2D eigenvalue weighted by atomic mass is 16.5. The van der Waals surface area contributed by atoms with E-state index in [4.69, 9.17) is 4.74 Å². The standard InChI is InChI=1S/C14H21N3O/c1-10-16-13(12-2-3-12)8-14(17-10)18-9-11-4-6-15-7-5-11/h8,11-12,15H,2-7,9H2,1H3. The largest absolute Gasteiger partial charge is 0.477 e. The van der Waals surface area contributed by atoms with Crippen LogP contribution in [0.15, 0.2) is 6.07 Å². The minimum atomic E-state index is 0.660. The zero-order chi connectivity index (χ0) is 12.4. The summed E-state index contributed by atoms with van der Waals surface area (Å²) in [7, 11) is 0. The van der Waals surface area contributed by atoms with E-state index in [1.165, 1.54) is 31.4 Å². The number of rotatable bonds is 4. The highest BCUT2D eigenvalue weighted by molar-refractivity contribution is 5.22. The zero-order valence-corrected chi connectivity index (χ0v) is 11.0. The smallest absolute Gasteiger partial charge is 0.216 e. The van der Waals surface area contributed by atoms with Crippen molar-refractivity contribution in [3.8, 4) is 5.88 Å². The maximum absolute atomic E-state index is 5.87. The first kappa shape index (κ1) is 11.9. The predicted molar refractivity (Wildman–Crippen MR) is 69.8 cm³/mol.